The van der Waals surface area contributed by atoms with Gasteiger partial charge in [0.2, 0.25) is 21.8 Å². The zero-order valence-corrected chi connectivity index (χ0v) is 22.0. The highest BCUT2D eigenvalue weighted by atomic mass is 35.5. The molecule has 2 aromatic carbocycles. The van der Waals surface area contributed by atoms with Gasteiger partial charge < -0.3 is 10.2 Å². The monoisotopic (exact) mass is 507 g/mol. The fourth-order valence-corrected chi connectivity index (χ4v) is 4.53. The van der Waals surface area contributed by atoms with Crippen molar-refractivity contribution in [1.29, 1.82) is 0 Å². The molecule has 186 valence electrons. The maximum atomic E-state index is 13.2. The summed E-state index contributed by atoms with van der Waals surface area (Å²) < 4.78 is 25.9. The molecule has 34 heavy (non-hydrogen) atoms. The number of para-hydroxylation sites is 1. The van der Waals surface area contributed by atoms with E-state index in [0.29, 0.717) is 17.1 Å². The molecule has 7 nitrogen and oxygen atoms in total. The molecule has 2 amide bonds. The molecule has 0 aromatic heterocycles. The third-order valence-electron chi connectivity index (χ3n) is 5.13. The molecule has 0 spiro atoms. The molecule has 0 unspecified atom stereocenters. The summed E-state index contributed by atoms with van der Waals surface area (Å²) in [5.41, 5.74) is 0.954. The maximum absolute atomic E-state index is 13.2. The van der Waals surface area contributed by atoms with Crippen molar-refractivity contribution < 1.29 is 18.0 Å². The Bertz CT molecular complexity index is 1070. The van der Waals surface area contributed by atoms with Gasteiger partial charge in [0.05, 0.1) is 11.9 Å². The summed E-state index contributed by atoms with van der Waals surface area (Å²) in [7, 11) is -3.51. The van der Waals surface area contributed by atoms with E-state index in [1.807, 2.05) is 39.0 Å². The topological polar surface area (TPSA) is 86.8 Å². The molecule has 0 radical (unpaired) electrons. The summed E-state index contributed by atoms with van der Waals surface area (Å²) >= 11 is 5.98. The zero-order valence-electron chi connectivity index (χ0n) is 20.4. The first-order valence-electron chi connectivity index (χ1n) is 11.2. The standard InChI is InChI=1S/C25H34ClN3O4S/c1-19(24(31)27-25(2,3)4)28(18-20-13-15-21(26)16-14-20)23(30)12-9-17-29(34(5,32)33)22-10-7-6-8-11-22/h6-8,10-11,13-16,19H,9,12,17-18H2,1-5H3,(H,27,31)/t19-/m1/s1. The quantitative estimate of drug-likeness (QED) is 0.521. The van der Waals surface area contributed by atoms with Gasteiger partial charge in [0, 0.05) is 30.1 Å². The van der Waals surface area contributed by atoms with Gasteiger partial charge >= 0.3 is 0 Å². The number of hydrogen-bond acceptors (Lipinski definition) is 4. The number of carbonyl (C=O) groups excluding carboxylic acids is 2. The Labute approximate surface area is 208 Å². The van der Waals surface area contributed by atoms with Crippen molar-refractivity contribution in [2.75, 3.05) is 17.1 Å². The number of halogens is 1. The third-order valence-corrected chi connectivity index (χ3v) is 6.57. The van der Waals surface area contributed by atoms with E-state index >= 15 is 0 Å². The van der Waals surface area contributed by atoms with E-state index in [9.17, 15) is 18.0 Å². The average Bonchev–Trinajstić information content (AvgIpc) is 2.74. The number of anilines is 1. The molecule has 0 aliphatic heterocycles. The Kier molecular flexibility index (Phi) is 9.53. The van der Waals surface area contributed by atoms with Crippen LogP contribution in [0.2, 0.25) is 5.02 Å². The van der Waals surface area contributed by atoms with E-state index in [4.69, 9.17) is 11.6 Å². The molecule has 2 rings (SSSR count). The van der Waals surface area contributed by atoms with Crippen LogP contribution in [0.15, 0.2) is 54.6 Å². The minimum Gasteiger partial charge on any atom is -0.350 e. The lowest BCUT2D eigenvalue weighted by molar-refractivity contribution is -0.141. The molecule has 1 atom stereocenters. The lowest BCUT2D eigenvalue weighted by atomic mass is 10.1. The molecule has 0 aliphatic carbocycles. The van der Waals surface area contributed by atoms with Crippen LogP contribution in [0.25, 0.3) is 0 Å². The normalized spacial score (nSPS) is 12.6. The Hall–Kier alpha value is -2.58. The predicted molar refractivity (Wildman–Crippen MR) is 137 cm³/mol. The highest BCUT2D eigenvalue weighted by Gasteiger charge is 2.28. The van der Waals surface area contributed by atoms with Crippen LogP contribution in [-0.4, -0.2) is 49.5 Å². The van der Waals surface area contributed by atoms with Crippen LogP contribution in [0.1, 0.15) is 46.1 Å². The summed E-state index contributed by atoms with van der Waals surface area (Å²) in [6, 6.07) is 15.2. The predicted octanol–water partition coefficient (Wildman–Crippen LogP) is 4.22. The van der Waals surface area contributed by atoms with Crippen molar-refractivity contribution >= 4 is 39.1 Å². The van der Waals surface area contributed by atoms with Crippen LogP contribution in [0.4, 0.5) is 5.69 Å². The van der Waals surface area contributed by atoms with Crippen LogP contribution >= 0.6 is 11.6 Å². The molecular weight excluding hydrogens is 474 g/mol. The minimum absolute atomic E-state index is 0.0968. The number of amides is 2. The minimum atomic E-state index is -3.51. The second-order valence-corrected chi connectivity index (χ2v) is 11.7. The van der Waals surface area contributed by atoms with Crippen LogP contribution in [0.5, 0.6) is 0 Å². The fraction of sp³-hybridized carbons (Fsp3) is 0.440. The van der Waals surface area contributed by atoms with Gasteiger partial charge in [-0.15, -0.1) is 0 Å². The van der Waals surface area contributed by atoms with E-state index in [1.54, 1.807) is 43.3 Å². The van der Waals surface area contributed by atoms with Crippen molar-refractivity contribution in [3.63, 3.8) is 0 Å². The second kappa shape index (κ2) is 11.7. The summed E-state index contributed by atoms with van der Waals surface area (Å²) in [6.07, 6.45) is 1.55. The van der Waals surface area contributed by atoms with Gasteiger partial charge in [-0.25, -0.2) is 8.42 Å². The van der Waals surface area contributed by atoms with Gasteiger partial charge in [0.1, 0.15) is 6.04 Å². The first kappa shape index (κ1) is 27.7. The summed E-state index contributed by atoms with van der Waals surface area (Å²) in [6.45, 7) is 7.74. The number of rotatable bonds is 10. The Balaban J connectivity index is 2.16. The highest BCUT2D eigenvalue weighted by molar-refractivity contribution is 7.92. The van der Waals surface area contributed by atoms with Crippen molar-refractivity contribution in [2.45, 2.75) is 58.7 Å². The van der Waals surface area contributed by atoms with Crippen molar-refractivity contribution in [3.8, 4) is 0 Å². The number of carbonyl (C=O) groups is 2. The lowest BCUT2D eigenvalue weighted by Crippen LogP contribution is -2.52. The summed E-state index contributed by atoms with van der Waals surface area (Å²) in [5, 5.41) is 3.51. The second-order valence-electron chi connectivity index (χ2n) is 9.34. The van der Waals surface area contributed by atoms with E-state index in [2.05, 4.69) is 5.32 Å². The molecule has 0 saturated heterocycles. The van der Waals surface area contributed by atoms with Crippen molar-refractivity contribution in [3.05, 3.63) is 65.2 Å². The Morgan fingerprint density at radius 1 is 1.03 bits per heavy atom. The lowest BCUT2D eigenvalue weighted by Gasteiger charge is -2.32. The molecule has 0 aliphatic rings. The Morgan fingerprint density at radius 3 is 2.15 bits per heavy atom. The largest absolute Gasteiger partial charge is 0.350 e. The maximum Gasteiger partial charge on any atom is 0.242 e. The molecule has 9 heteroatoms. The third kappa shape index (κ3) is 8.65. The van der Waals surface area contributed by atoms with E-state index < -0.39 is 21.6 Å². The van der Waals surface area contributed by atoms with Gasteiger partial charge in [-0.1, -0.05) is 41.9 Å². The molecular formula is C25H34ClN3O4S. The fourth-order valence-electron chi connectivity index (χ4n) is 3.44. The highest BCUT2D eigenvalue weighted by Crippen LogP contribution is 2.19. The smallest absolute Gasteiger partial charge is 0.242 e. The van der Waals surface area contributed by atoms with Crippen LogP contribution in [-0.2, 0) is 26.2 Å². The first-order valence-corrected chi connectivity index (χ1v) is 13.4. The summed E-state index contributed by atoms with van der Waals surface area (Å²) in [5.74, 6) is -0.482. The molecule has 1 N–H and O–H groups in total. The van der Waals surface area contributed by atoms with Crippen molar-refractivity contribution in [2.24, 2.45) is 0 Å². The van der Waals surface area contributed by atoms with Gasteiger partial charge in [0.15, 0.2) is 0 Å². The number of nitrogens with one attached hydrogen (secondary N) is 1. The van der Waals surface area contributed by atoms with E-state index in [0.717, 1.165) is 11.8 Å². The van der Waals surface area contributed by atoms with Crippen LogP contribution < -0.4 is 9.62 Å². The summed E-state index contributed by atoms with van der Waals surface area (Å²) in [4.78, 5) is 27.6. The number of hydrogen-bond donors (Lipinski definition) is 1. The first-order chi connectivity index (χ1) is 15.8. The van der Waals surface area contributed by atoms with Gasteiger partial charge in [0.25, 0.3) is 0 Å². The zero-order chi connectivity index (χ0) is 25.5. The van der Waals surface area contributed by atoms with Gasteiger partial charge in [-0.05, 0) is 63.9 Å². The number of benzene rings is 2. The molecule has 0 saturated carbocycles. The van der Waals surface area contributed by atoms with Gasteiger partial charge in [-0.3, -0.25) is 13.9 Å². The average molecular weight is 508 g/mol. The van der Waals surface area contributed by atoms with E-state index in [-0.39, 0.29) is 31.3 Å². The van der Waals surface area contributed by atoms with Crippen LogP contribution in [0.3, 0.4) is 0 Å². The van der Waals surface area contributed by atoms with Gasteiger partial charge in [-0.2, -0.15) is 0 Å². The molecule has 0 fully saturated rings. The SMILES string of the molecule is C[C@H](C(=O)NC(C)(C)C)N(Cc1ccc(Cl)cc1)C(=O)CCCN(c1ccccc1)S(C)(=O)=O. The molecule has 0 heterocycles. The molecule has 2 aromatic rings. The van der Waals surface area contributed by atoms with Crippen LogP contribution in [0, 0.1) is 0 Å². The Morgan fingerprint density at radius 2 is 1.62 bits per heavy atom. The molecule has 0 bridgehead atoms. The number of sulfonamides is 1. The van der Waals surface area contributed by atoms with Crippen molar-refractivity contribution in [1.82, 2.24) is 10.2 Å². The van der Waals surface area contributed by atoms with E-state index in [1.165, 1.54) is 9.21 Å². The number of nitrogens with zero attached hydrogens (tertiary/aromatic N) is 2.